The van der Waals surface area contributed by atoms with Crippen LogP contribution in [0.25, 0.3) is 0 Å². The Morgan fingerprint density at radius 2 is 1.74 bits per heavy atom. The third-order valence-corrected chi connectivity index (χ3v) is 4.75. The maximum absolute atomic E-state index is 13.5. The number of sulfonamides is 1. The fourth-order valence-corrected chi connectivity index (χ4v) is 3.03. The fraction of sp³-hybridized carbons (Fsp3) is 0.188. The first-order chi connectivity index (χ1) is 10.8. The van der Waals surface area contributed by atoms with Crippen molar-refractivity contribution in [3.63, 3.8) is 0 Å². The van der Waals surface area contributed by atoms with Gasteiger partial charge in [-0.05, 0) is 37.1 Å². The van der Waals surface area contributed by atoms with E-state index in [1.807, 2.05) is 0 Å². The molecular weight excluding hydrogens is 324 g/mol. The Hall–Kier alpha value is -2.12. The van der Waals surface area contributed by atoms with Gasteiger partial charge < -0.3 is 0 Å². The van der Waals surface area contributed by atoms with Gasteiger partial charge in [0.1, 0.15) is 11.6 Å². The van der Waals surface area contributed by atoms with E-state index in [9.17, 15) is 22.0 Å². The average molecular weight is 339 g/mol. The lowest BCUT2D eigenvalue weighted by atomic mass is 10.1. The lowest BCUT2D eigenvalue weighted by Gasteiger charge is -2.08. The third kappa shape index (κ3) is 4.43. The highest BCUT2D eigenvalue weighted by atomic mass is 32.2. The fourth-order valence-electron chi connectivity index (χ4n) is 2.00. The number of halogens is 2. The number of rotatable bonds is 6. The van der Waals surface area contributed by atoms with Crippen LogP contribution >= 0.6 is 0 Å². The molecule has 4 nitrogen and oxygen atoms in total. The lowest BCUT2D eigenvalue weighted by molar-refractivity contribution is 0.101. The van der Waals surface area contributed by atoms with Crippen LogP contribution in [0.4, 0.5) is 8.78 Å². The van der Waals surface area contributed by atoms with E-state index in [4.69, 9.17) is 0 Å². The molecule has 1 N–H and O–H groups in total. The number of hydrogen-bond donors (Lipinski definition) is 1. The van der Waals surface area contributed by atoms with E-state index < -0.39 is 21.7 Å². The van der Waals surface area contributed by atoms with Crippen molar-refractivity contribution in [3.05, 3.63) is 65.2 Å². The van der Waals surface area contributed by atoms with E-state index in [-0.39, 0.29) is 29.2 Å². The molecule has 0 aromatic heterocycles. The van der Waals surface area contributed by atoms with Crippen LogP contribution in [0.15, 0.2) is 47.4 Å². The molecule has 0 saturated carbocycles. The van der Waals surface area contributed by atoms with Crippen molar-refractivity contribution in [2.45, 2.75) is 18.2 Å². The van der Waals surface area contributed by atoms with Gasteiger partial charge in [0, 0.05) is 18.2 Å². The molecule has 2 aromatic rings. The summed E-state index contributed by atoms with van der Waals surface area (Å²) in [6.07, 6.45) is 0.0941. The van der Waals surface area contributed by atoms with Gasteiger partial charge in [-0.25, -0.2) is 21.9 Å². The van der Waals surface area contributed by atoms with Crippen LogP contribution in [0.3, 0.4) is 0 Å². The van der Waals surface area contributed by atoms with Crippen molar-refractivity contribution < 1.29 is 22.0 Å². The molecule has 0 heterocycles. The van der Waals surface area contributed by atoms with E-state index in [1.54, 1.807) is 0 Å². The van der Waals surface area contributed by atoms with Crippen LogP contribution in [0.2, 0.25) is 0 Å². The highest BCUT2D eigenvalue weighted by molar-refractivity contribution is 7.89. The lowest BCUT2D eigenvalue weighted by Crippen LogP contribution is -2.26. The normalized spacial score (nSPS) is 11.4. The molecule has 0 radical (unpaired) electrons. The number of carbonyl (C=O) groups excluding carboxylic acids is 1. The van der Waals surface area contributed by atoms with Crippen LogP contribution in [-0.2, 0) is 16.4 Å². The first kappa shape index (κ1) is 17.2. The smallest absolute Gasteiger partial charge is 0.240 e. The average Bonchev–Trinajstić information content (AvgIpc) is 2.49. The zero-order valence-corrected chi connectivity index (χ0v) is 13.2. The van der Waals surface area contributed by atoms with Crippen LogP contribution in [-0.4, -0.2) is 20.7 Å². The van der Waals surface area contributed by atoms with Gasteiger partial charge in [0.2, 0.25) is 10.0 Å². The zero-order valence-electron chi connectivity index (χ0n) is 12.3. The topological polar surface area (TPSA) is 63.2 Å². The van der Waals surface area contributed by atoms with Gasteiger partial charge in [-0.3, -0.25) is 4.79 Å². The van der Waals surface area contributed by atoms with Gasteiger partial charge in [-0.2, -0.15) is 0 Å². The van der Waals surface area contributed by atoms with Crippen LogP contribution in [0.1, 0.15) is 22.8 Å². The number of Topliss-reactive ketones (excluding diaryl/α,β-unsaturated/α-hetero) is 1. The van der Waals surface area contributed by atoms with Crippen LogP contribution in [0.5, 0.6) is 0 Å². The summed E-state index contributed by atoms with van der Waals surface area (Å²) < 4.78 is 52.8. The second-order valence-electron chi connectivity index (χ2n) is 4.96. The monoisotopic (exact) mass is 339 g/mol. The Kier molecular flexibility index (Phi) is 5.23. The predicted octanol–water partition coefficient (Wildman–Crippen LogP) is 2.69. The molecule has 0 spiro atoms. The minimum atomic E-state index is -3.75. The molecule has 2 rings (SSSR count). The molecule has 23 heavy (non-hydrogen) atoms. The largest absolute Gasteiger partial charge is 0.295 e. The second kappa shape index (κ2) is 6.97. The molecule has 0 fully saturated rings. The summed E-state index contributed by atoms with van der Waals surface area (Å²) in [5.41, 5.74) is 0.637. The van der Waals surface area contributed by atoms with E-state index in [0.717, 1.165) is 12.1 Å². The summed E-state index contributed by atoms with van der Waals surface area (Å²) in [5.74, 6) is -1.55. The number of nitrogens with one attached hydrogen (secondary N) is 1. The molecule has 7 heteroatoms. The minimum Gasteiger partial charge on any atom is -0.295 e. The summed E-state index contributed by atoms with van der Waals surface area (Å²) in [7, 11) is -3.75. The third-order valence-electron chi connectivity index (χ3n) is 3.27. The van der Waals surface area contributed by atoms with E-state index >= 15 is 0 Å². The number of carbonyl (C=O) groups is 1. The van der Waals surface area contributed by atoms with Crippen LogP contribution < -0.4 is 4.72 Å². The van der Waals surface area contributed by atoms with Crippen molar-refractivity contribution in [2.24, 2.45) is 0 Å². The Balaban J connectivity index is 2.02. The van der Waals surface area contributed by atoms with E-state index in [0.29, 0.717) is 5.56 Å². The molecular formula is C16H15F2NO3S. The quantitative estimate of drug-likeness (QED) is 0.823. The van der Waals surface area contributed by atoms with Gasteiger partial charge in [-0.15, -0.1) is 0 Å². The van der Waals surface area contributed by atoms with Gasteiger partial charge in [0.05, 0.1) is 4.90 Å². The molecule has 0 bridgehead atoms. The maximum Gasteiger partial charge on any atom is 0.240 e. The summed E-state index contributed by atoms with van der Waals surface area (Å²) in [6.45, 7) is 1.36. The van der Waals surface area contributed by atoms with Crippen molar-refractivity contribution in [1.82, 2.24) is 4.72 Å². The standard InChI is InChI=1S/C16H15F2NO3S/c1-11(20)12-3-6-15(7-4-12)23(21,22)19-9-8-13-2-5-14(17)10-16(13)18/h2-7,10,19H,8-9H2,1H3. The van der Waals surface area contributed by atoms with Crippen molar-refractivity contribution in [3.8, 4) is 0 Å². The molecule has 2 aromatic carbocycles. The Labute approximate surface area is 133 Å². The Bertz CT molecular complexity index is 818. The maximum atomic E-state index is 13.5. The van der Waals surface area contributed by atoms with Gasteiger partial charge in [0.15, 0.2) is 5.78 Å². The molecule has 0 saturated heterocycles. The van der Waals surface area contributed by atoms with Crippen LogP contribution in [0, 0.1) is 11.6 Å². The van der Waals surface area contributed by atoms with Crippen molar-refractivity contribution in [1.29, 1.82) is 0 Å². The molecule has 0 aliphatic rings. The first-order valence-electron chi connectivity index (χ1n) is 6.84. The predicted molar refractivity (Wildman–Crippen MR) is 81.7 cm³/mol. The summed E-state index contributed by atoms with van der Waals surface area (Å²) in [5, 5.41) is 0. The molecule has 122 valence electrons. The van der Waals surface area contributed by atoms with Gasteiger partial charge in [-0.1, -0.05) is 18.2 Å². The first-order valence-corrected chi connectivity index (χ1v) is 8.32. The minimum absolute atomic E-state index is 0.0158. The molecule has 0 amide bonds. The summed E-state index contributed by atoms with van der Waals surface area (Å²) >= 11 is 0. The summed E-state index contributed by atoms with van der Waals surface area (Å²) in [6, 6.07) is 8.67. The zero-order chi connectivity index (χ0) is 17.0. The summed E-state index contributed by atoms with van der Waals surface area (Å²) in [4.78, 5) is 11.2. The van der Waals surface area contributed by atoms with Crippen molar-refractivity contribution in [2.75, 3.05) is 6.54 Å². The van der Waals surface area contributed by atoms with Gasteiger partial charge in [0.25, 0.3) is 0 Å². The highest BCUT2D eigenvalue weighted by Gasteiger charge is 2.14. The molecule has 0 unspecified atom stereocenters. The molecule has 0 aliphatic heterocycles. The second-order valence-corrected chi connectivity index (χ2v) is 6.73. The number of ketones is 1. The molecule has 0 atom stereocenters. The molecule has 0 aliphatic carbocycles. The Morgan fingerprint density at radius 3 is 2.30 bits per heavy atom. The van der Waals surface area contributed by atoms with E-state index in [2.05, 4.69) is 4.72 Å². The van der Waals surface area contributed by atoms with Crippen molar-refractivity contribution >= 4 is 15.8 Å². The number of benzene rings is 2. The Morgan fingerprint density at radius 1 is 1.09 bits per heavy atom. The van der Waals surface area contributed by atoms with Gasteiger partial charge >= 0.3 is 0 Å². The SMILES string of the molecule is CC(=O)c1ccc(S(=O)(=O)NCCc2ccc(F)cc2F)cc1. The number of hydrogen-bond acceptors (Lipinski definition) is 3. The highest BCUT2D eigenvalue weighted by Crippen LogP contribution is 2.12. The van der Waals surface area contributed by atoms with E-state index in [1.165, 1.54) is 37.3 Å².